The van der Waals surface area contributed by atoms with Crippen LogP contribution in [0.5, 0.6) is 5.75 Å². The summed E-state index contributed by atoms with van der Waals surface area (Å²) >= 11 is 7.35. The third-order valence-electron chi connectivity index (χ3n) is 4.07. The van der Waals surface area contributed by atoms with Gasteiger partial charge in [0.2, 0.25) is 0 Å². The van der Waals surface area contributed by atoms with Gasteiger partial charge in [-0.2, -0.15) is 0 Å². The number of halogens is 1. The van der Waals surface area contributed by atoms with Crippen molar-refractivity contribution in [3.05, 3.63) is 53.7 Å². The fourth-order valence-electron chi connectivity index (χ4n) is 2.72. The minimum Gasteiger partial charge on any atom is -0.481 e. The van der Waals surface area contributed by atoms with Gasteiger partial charge in [0.25, 0.3) is 5.91 Å². The summed E-state index contributed by atoms with van der Waals surface area (Å²) in [5.41, 5.74) is 1.17. The van der Waals surface area contributed by atoms with E-state index in [1.54, 1.807) is 36.5 Å². The van der Waals surface area contributed by atoms with E-state index in [-0.39, 0.29) is 11.5 Å². The lowest BCUT2D eigenvalue weighted by Crippen LogP contribution is -2.20. The van der Waals surface area contributed by atoms with Crippen molar-refractivity contribution in [2.45, 2.75) is 4.90 Å². The van der Waals surface area contributed by atoms with Crippen molar-refractivity contribution in [1.29, 1.82) is 0 Å². The fraction of sp³-hybridized carbons (Fsp3) is 0.105. The molecule has 2 aromatic heterocycles. The Balaban J connectivity index is 1.48. The summed E-state index contributed by atoms with van der Waals surface area (Å²) in [4.78, 5) is 21.0. The van der Waals surface area contributed by atoms with E-state index in [2.05, 4.69) is 15.3 Å². The first-order valence-electron chi connectivity index (χ1n) is 8.38. The fourth-order valence-corrected chi connectivity index (χ4v) is 4.57. The minimum absolute atomic E-state index is 0.206. The largest absolute Gasteiger partial charge is 0.481 e. The molecule has 0 saturated carbocycles. The third-order valence-corrected chi connectivity index (χ3v) is 6.45. The normalized spacial score (nSPS) is 11.7. The molecule has 0 aliphatic carbocycles. The Morgan fingerprint density at radius 1 is 1.24 bits per heavy atom. The summed E-state index contributed by atoms with van der Waals surface area (Å²) in [6.07, 6.45) is 2.77. The molecule has 0 bridgehead atoms. The zero-order valence-corrected chi connectivity index (χ0v) is 17.4. The van der Waals surface area contributed by atoms with Gasteiger partial charge in [0.05, 0.1) is 20.1 Å². The molecule has 29 heavy (non-hydrogen) atoms. The van der Waals surface area contributed by atoms with Gasteiger partial charge in [-0.1, -0.05) is 22.9 Å². The molecular weight excluding hydrogens is 434 g/mol. The summed E-state index contributed by atoms with van der Waals surface area (Å²) in [6.45, 7) is -0.238. The first-order valence-corrected chi connectivity index (χ1v) is 11.5. The van der Waals surface area contributed by atoms with Gasteiger partial charge in [-0.15, -0.1) is 0 Å². The molecule has 4 aromatic rings. The Hall–Kier alpha value is -2.75. The SMILES string of the molecule is CS(=O)(=O)c1ccc2nc(NC(=O)COc3ccc(Cl)c4cccnc34)sc2c1. The Labute approximate surface area is 175 Å². The molecule has 10 heteroatoms. The van der Waals surface area contributed by atoms with Crippen LogP contribution in [0.25, 0.3) is 21.1 Å². The van der Waals surface area contributed by atoms with E-state index < -0.39 is 15.7 Å². The number of ether oxygens (including phenoxy) is 1. The van der Waals surface area contributed by atoms with E-state index in [0.717, 1.165) is 11.6 Å². The number of anilines is 1. The zero-order chi connectivity index (χ0) is 20.6. The quantitative estimate of drug-likeness (QED) is 0.498. The van der Waals surface area contributed by atoms with Crippen LogP contribution >= 0.6 is 22.9 Å². The van der Waals surface area contributed by atoms with Crippen molar-refractivity contribution in [2.24, 2.45) is 0 Å². The van der Waals surface area contributed by atoms with Gasteiger partial charge >= 0.3 is 0 Å². The van der Waals surface area contributed by atoms with Crippen LogP contribution in [0.4, 0.5) is 5.13 Å². The highest BCUT2D eigenvalue weighted by molar-refractivity contribution is 7.90. The van der Waals surface area contributed by atoms with Crippen LogP contribution in [0.15, 0.2) is 53.6 Å². The van der Waals surface area contributed by atoms with Gasteiger partial charge in [0.15, 0.2) is 21.6 Å². The van der Waals surface area contributed by atoms with Crippen molar-refractivity contribution in [3.8, 4) is 5.75 Å². The van der Waals surface area contributed by atoms with Gasteiger partial charge in [0, 0.05) is 17.8 Å². The van der Waals surface area contributed by atoms with E-state index >= 15 is 0 Å². The molecule has 0 aliphatic heterocycles. The molecule has 7 nitrogen and oxygen atoms in total. The van der Waals surface area contributed by atoms with E-state index in [1.807, 2.05) is 6.07 Å². The van der Waals surface area contributed by atoms with Crippen LogP contribution < -0.4 is 10.1 Å². The lowest BCUT2D eigenvalue weighted by atomic mass is 10.2. The highest BCUT2D eigenvalue weighted by Crippen LogP contribution is 2.30. The van der Waals surface area contributed by atoms with E-state index in [1.165, 1.54) is 17.4 Å². The Morgan fingerprint density at radius 3 is 2.86 bits per heavy atom. The second-order valence-electron chi connectivity index (χ2n) is 6.20. The van der Waals surface area contributed by atoms with Crippen LogP contribution in [-0.4, -0.2) is 37.2 Å². The number of nitrogens with one attached hydrogen (secondary N) is 1. The maximum Gasteiger partial charge on any atom is 0.264 e. The van der Waals surface area contributed by atoms with Crippen molar-refractivity contribution in [2.75, 3.05) is 18.2 Å². The second-order valence-corrected chi connectivity index (χ2v) is 9.66. The van der Waals surface area contributed by atoms with Crippen molar-refractivity contribution in [1.82, 2.24) is 9.97 Å². The van der Waals surface area contributed by atoms with E-state index in [4.69, 9.17) is 16.3 Å². The van der Waals surface area contributed by atoms with Gasteiger partial charge < -0.3 is 4.74 Å². The summed E-state index contributed by atoms with van der Waals surface area (Å²) in [6, 6.07) is 11.6. The lowest BCUT2D eigenvalue weighted by Gasteiger charge is -2.09. The van der Waals surface area contributed by atoms with Gasteiger partial charge in [-0.3, -0.25) is 15.1 Å². The van der Waals surface area contributed by atoms with Crippen molar-refractivity contribution in [3.63, 3.8) is 0 Å². The molecule has 0 aliphatic rings. The highest BCUT2D eigenvalue weighted by Gasteiger charge is 2.13. The lowest BCUT2D eigenvalue weighted by molar-refractivity contribution is -0.118. The number of nitrogens with zero attached hydrogens (tertiary/aromatic N) is 2. The number of aromatic nitrogens is 2. The molecular formula is C19H14ClN3O4S2. The molecule has 0 fully saturated rings. The molecule has 0 radical (unpaired) electrons. The number of hydrogen-bond acceptors (Lipinski definition) is 7. The van der Waals surface area contributed by atoms with Crippen molar-refractivity contribution < 1.29 is 17.9 Å². The van der Waals surface area contributed by atoms with Crippen LogP contribution in [-0.2, 0) is 14.6 Å². The Kier molecular flexibility index (Phi) is 5.12. The number of pyridine rings is 1. The number of rotatable bonds is 5. The zero-order valence-electron chi connectivity index (χ0n) is 15.0. The van der Waals surface area contributed by atoms with Crippen LogP contribution in [0.3, 0.4) is 0 Å². The molecule has 0 atom stereocenters. The topological polar surface area (TPSA) is 98.2 Å². The first kappa shape index (κ1) is 19.6. The molecule has 2 heterocycles. The van der Waals surface area contributed by atoms with Crippen LogP contribution in [0, 0.1) is 0 Å². The maximum atomic E-state index is 12.3. The molecule has 0 spiro atoms. The third kappa shape index (κ3) is 4.16. The smallest absolute Gasteiger partial charge is 0.264 e. The molecule has 1 N–H and O–H groups in total. The first-order chi connectivity index (χ1) is 13.8. The number of fused-ring (bicyclic) bond motifs is 2. The van der Waals surface area contributed by atoms with Crippen LogP contribution in [0.2, 0.25) is 5.02 Å². The predicted molar refractivity (Wildman–Crippen MR) is 114 cm³/mol. The minimum atomic E-state index is -3.31. The standard InChI is InChI=1S/C19H14ClN3O4S2/c1-29(25,26)11-4-6-14-16(9-11)28-19(22-14)23-17(24)10-27-15-7-5-13(20)12-3-2-8-21-18(12)15/h2-9H,10H2,1H3,(H,22,23,24). The maximum absolute atomic E-state index is 12.3. The molecule has 0 saturated heterocycles. The summed E-state index contributed by atoms with van der Waals surface area (Å²) in [5, 5.41) is 4.31. The molecule has 4 rings (SSSR count). The number of hydrogen-bond donors (Lipinski definition) is 1. The summed E-state index contributed by atoms with van der Waals surface area (Å²) < 4.78 is 29.6. The average Bonchev–Trinajstić information content (AvgIpc) is 3.08. The molecule has 0 unspecified atom stereocenters. The molecule has 1 amide bonds. The number of benzene rings is 2. The van der Waals surface area contributed by atoms with E-state index in [0.29, 0.717) is 31.6 Å². The second kappa shape index (κ2) is 7.58. The monoisotopic (exact) mass is 447 g/mol. The number of sulfone groups is 1. The summed E-state index contributed by atoms with van der Waals surface area (Å²) in [7, 11) is -3.31. The number of amides is 1. The van der Waals surface area contributed by atoms with E-state index in [9.17, 15) is 13.2 Å². The summed E-state index contributed by atoms with van der Waals surface area (Å²) in [5.74, 6) is 0.0497. The van der Waals surface area contributed by atoms with Gasteiger partial charge in [-0.05, 0) is 42.5 Å². The van der Waals surface area contributed by atoms with Crippen molar-refractivity contribution >= 4 is 64.9 Å². The van der Waals surface area contributed by atoms with Gasteiger partial charge in [-0.25, -0.2) is 13.4 Å². The highest BCUT2D eigenvalue weighted by atomic mass is 35.5. The number of thiazole rings is 1. The Bertz CT molecular complexity index is 1350. The molecule has 148 valence electrons. The average molecular weight is 448 g/mol. The number of carbonyl (C=O) groups excluding carboxylic acids is 1. The Morgan fingerprint density at radius 2 is 2.07 bits per heavy atom. The predicted octanol–water partition coefficient (Wildman–Crippen LogP) is 3.92. The number of carbonyl (C=O) groups is 1. The molecule has 2 aromatic carbocycles. The van der Waals surface area contributed by atoms with Crippen LogP contribution in [0.1, 0.15) is 0 Å². The van der Waals surface area contributed by atoms with Gasteiger partial charge in [0.1, 0.15) is 11.3 Å².